The van der Waals surface area contributed by atoms with E-state index in [2.05, 4.69) is 191 Å². The summed E-state index contributed by atoms with van der Waals surface area (Å²) in [5.41, 5.74) is 9.41. The van der Waals surface area contributed by atoms with E-state index in [1.165, 1.54) is 79.0 Å². The molecule has 0 amide bonds. The van der Waals surface area contributed by atoms with E-state index in [1.807, 2.05) is 22.7 Å². The highest BCUT2D eigenvalue weighted by Crippen LogP contribution is 2.46. The number of rotatable bonds is 5. The van der Waals surface area contributed by atoms with Crippen LogP contribution in [0.2, 0.25) is 0 Å². The summed E-state index contributed by atoms with van der Waals surface area (Å²) < 4.78 is 7.70. The average Bonchev–Trinajstić information content (AvgIpc) is 3.88. The van der Waals surface area contributed by atoms with Crippen molar-refractivity contribution in [2.45, 2.75) is 0 Å². The molecule has 0 saturated heterocycles. The van der Waals surface area contributed by atoms with Gasteiger partial charge in [0, 0.05) is 73.9 Å². The number of aromatic nitrogens is 1. The largest absolute Gasteiger partial charge is 0.310 e. The molecule has 11 aromatic rings. The molecule has 0 aliphatic carbocycles. The number of benzene rings is 8. The smallest absolute Gasteiger partial charge is 0.0555 e. The van der Waals surface area contributed by atoms with Crippen molar-refractivity contribution in [2.24, 2.45) is 0 Å². The van der Waals surface area contributed by atoms with Gasteiger partial charge in [-0.25, -0.2) is 0 Å². The standard InChI is InChI=1S/C48H30N2S2/c1-3-11-31(12-4-1)32-19-21-34(22-20-32)49(36-24-28-46-40(29-36)38-16-8-9-17-44(38)51-46)35-23-26-42-41(30-35)47-43(50(42)33-13-5-2-6-14-33)27-25-39-37-15-7-10-18-45(37)52-48(39)47/h1-30H. The van der Waals surface area contributed by atoms with Gasteiger partial charge in [-0.1, -0.05) is 103 Å². The summed E-state index contributed by atoms with van der Waals surface area (Å²) >= 11 is 3.76. The highest BCUT2D eigenvalue weighted by atomic mass is 32.1. The van der Waals surface area contributed by atoms with E-state index in [-0.39, 0.29) is 0 Å². The molecule has 0 radical (unpaired) electrons. The molecule has 0 bridgehead atoms. The quantitative estimate of drug-likeness (QED) is 0.174. The van der Waals surface area contributed by atoms with E-state index in [4.69, 9.17) is 0 Å². The van der Waals surface area contributed by atoms with Crippen molar-refractivity contribution in [2.75, 3.05) is 4.90 Å². The van der Waals surface area contributed by atoms with Crippen molar-refractivity contribution in [3.8, 4) is 16.8 Å². The Morgan fingerprint density at radius 1 is 0.365 bits per heavy atom. The summed E-state index contributed by atoms with van der Waals surface area (Å²) in [5.74, 6) is 0. The Morgan fingerprint density at radius 2 is 0.923 bits per heavy atom. The molecule has 8 aromatic carbocycles. The number of fused-ring (bicyclic) bond motifs is 10. The summed E-state index contributed by atoms with van der Waals surface area (Å²) in [6.45, 7) is 0. The van der Waals surface area contributed by atoms with Crippen molar-refractivity contribution in [3.63, 3.8) is 0 Å². The second-order valence-corrected chi connectivity index (χ2v) is 15.5. The molecule has 11 rings (SSSR count). The Morgan fingerprint density at radius 3 is 1.69 bits per heavy atom. The van der Waals surface area contributed by atoms with Crippen LogP contribution >= 0.6 is 22.7 Å². The van der Waals surface area contributed by atoms with E-state index in [1.54, 1.807) is 0 Å². The zero-order valence-corrected chi connectivity index (χ0v) is 29.7. The number of anilines is 3. The highest BCUT2D eigenvalue weighted by Gasteiger charge is 2.21. The van der Waals surface area contributed by atoms with Gasteiger partial charge >= 0.3 is 0 Å². The lowest BCUT2D eigenvalue weighted by atomic mass is 10.0. The lowest BCUT2D eigenvalue weighted by Crippen LogP contribution is -2.09. The summed E-state index contributed by atoms with van der Waals surface area (Å²) in [7, 11) is 0. The maximum Gasteiger partial charge on any atom is 0.0555 e. The summed E-state index contributed by atoms with van der Waals surface area (Å²) in [4.78, 5) is 2.43. The van der Waals surface area contributed by atoms with E-state index < -0.39 is 0 Å². The first kappa shape index (κ1) is 29.5. The molecule has 0 saturated carbocycles. The number of hydrogen-bond donors (Lipinski definition) is 0. The highest BCUT2D eigenvalue weighted by molar-refractivity contribution is 7.27. The van der Waals surface area contributed by atoms with Crippen LogP contribution in [0.25, 0.3) is 79.0 Å². The summed E-state index contributed by atoms with van der Waals surface area (Å²) in [6, 6.07) is 66.6. The monoisotopic (exact) mass is 698 g/mol. The lowest BCUT2D eigenvalue weighted by Gasteiger charge is -2.26. The Kier molecular flexibility index (Phi) is 6.63. The second-order valence-electron chi connectivity index (χ2n) is 13.3. The predicted octanol–water partition coefficient (Wildman–Crippen LogP) is 14.7. The average molecular weight is 699 g/mol. The Labute approximate surface area is 308 Å². The molecule has 0 aliphatic rings. The number of nitrogens with zero attached hydrogens (tertiary/aromatic N) is 2. The molecular weight excluding hydrogens is 669 g/mol. The van der Waals surface area contributed by atoms with E-state index in [0.29, 0.717) is 0 Å². The van der Waals surface area contributed by atoms with E-state index in [9.17, 15) is 0 Å². The molecule has 244 valence electrons. The first-order valence-electron chi connectivity index (χ1n) is 17.6. The SMILES string of the molecule is c1ccc(-c2ccc(N(c3ccc4sc5ccccc5c4c3)c3ccc4c(c3)c3c5sc6ccccc6c5ccc3n4-c3ccccc3)cc2)cc1. The van der Waals surface area contributed by atoms with Gasteiger partial charge in [0.15, 0.2) is 0 Å². The molecule has 0 atom stereocenters. The first-order valence-corrected chi connectivity index (χ1v) is 19.2. The normalized spacial score (nSPS) is 11.8. The molecule has 52 heavy (non-hydrogen) atoms. The van der Waals surface area contributed by atoms with Gasteiger partial charge in [0.25, 0.3) is 0 Å². The number of para-hydroxylation sites is 1. The molecule has 3 aromatic heterocycles. The van der Waals surface area contributed by atoms with Crippen LogP contribution < -0.4 is 4.90 Å². The van der Waals surface area contributed by atoms with Crippen molar-refractivity contribution in [1.82, 2.24) is 4.57 Å². The van der Waals surface area contributed by atoms with Crippen molar-refractivity contribution < 1.29 is 0 Å². The van der Waals surface area contributed by atoms with Gasteiger partial charge in [-0.3, -0.25) is 0 Å². The fourth-order valence-corrected chi connectivity index (χ4v) is 10.3. The number of hydrogen-bond acceptors (Lipinski definition) is 3. The van der Waals surface area contributed by atoms with Crippen LogP contribution in [0.4, 0.5) is 17.1 Å². The maximum absolute atomic E-state index is 2.43. The molecule has 2 nitrogen and oxygen atoms in total. The first-order chi connectivity index (χ1) is 25.8. The molecule has 0 N–H and O–H groups in total. The molecule has 4 heteroatoms. The van der Waals surface area contributed by atoms with Crippen LogP contribution in [-0.4, -0.2) is 4.57 Å². The van der Waals surface area contributed by atoms with Crippen LogP contribution in [0.1, 0.15) is 0 Å². The third-order valence-corrected chi connectivity index (χ3v) is 12.7. The zero-order chi connectivity index (χ0) is 34.2. The Balaban J connectivity index is 1.19. The van der Waals surface area contributed by atoms with Crippen molar-refractivity contribution in [3.05, 3.63) is 182 Å². The number of thiophene rings is 2. The Bertz CT molecular complexity index is 3110. The maximum atomic E-state index is 2.43. The van der Waals surface area contributed by atoms with Gasteiger partial charge in [-0.15, -0.1) is 22.7 Å². The Hall–Kier alpha value is -6.20. The van der Waals surface area contributed by atoms with Gasteiger partial charge < -0.3 is 9.47 Å². The molecular formula is C48H30N2S2. The van der Waals surface area contributed by atoms with Gasteiger partial charge in [0.05, 0.1) is 11.0 Å². The van der Waals surface area contributed by atoms with E-state index in [0.717, 1.165) is 17.1 Å². The van der Waals surface area contributed by atoms with Crippen LogP contribution in [-0.2, 0) is 0 Å². The zero-order valence-electron chi connectivity index (χ0n) is 28.0. The molecule has 0 spiro atoms. The fourth-order valence-electron chi connectivity index (χ4n) is 8.00. The molecule has 0 aliphatic heterocycles. The van der Waals surface area contributed by atoms with E-state index >= 15 is 0 Å². The van der Waals surface area contributed by atoms with Gasteiger partial charge in [0.2, 0.25) is 0 Å². The van der Waals surface area contributed by atoms with Crippen molar-refractivity contribution in [1.29, 1.82) is 0 Å². The lowest BCUT2D eigenvalue weighted by molar-refractivity contribution is 1.18. The summed E-state index contributed by atoms with van der Waals surface area (Å²) in [6.07, 6.45) is 0. The third kappa shape index (κ3) is 4.55. The van der Waals surface area contributed by atoms with Crippen molar-refractivity contribution >= 4 is 102 Å². The van der Waals surface area contributed by atoms with Crippen LogP contribution in [0.15, 0.2) is 182 Å². The fraction of sp³-hybridized carbons (Fsp3) is 0. The minimum Gasteiger partial charge on any atom is -0.310 e. The minimum atomic E-state index is 1.12. The van der Waals surface area contributed by atoms with Gasteiger partial charge in [-0.05, 0) is 90.0 Å². The molecule has 0 fully saturated rings. The minimum absolute atomic E-state index is 1.12. The predicted molar refractivity (Wildman–Crippen MR) is 227 cm³/mol. The van der Waals surface area contributed by atoms with Crippen LogP contribution in [0.5, 0.6) is 0 Å². The molecule has 3 heterocycles. The van der Waals surface area contributed by atoms with Crippen LogP contribution in [0.3, 0.4) is 0 Å². The topological polar surface area (TPSA) is 8.17 Å². The second kappa shape index (κ2) is 11.7. The van der Waals surface area contributed by atoms with Gasteiger partial charge in [-0.2, -0.15) is 0 Å². The van der Waals surface area contributed by atoms with Gasteiger partial charge in [0.1, 0.15) is 0 Å². The van der Waals surface area contributed by atoms with Crippen LogP contribution in [0, 0.1) is 0 Å². The molecule has 0 unspecified atom stereocenters. The third-order valence-electron chi connectivity index (χ3n) is 10.4. The summed E-state index contributed by atoms with van der Waals surface area (Å²) in [5, 5.41) is 7.78.